The first-order valence-electron chi connectivity index (χ1n) is 6.26. The largest absolute Gasteiger partial charge is 0.262 e. The van der Waals surface area contributed by atoms with Crippen molar-refractivity contribution in [3.63, 3.8) is 0 Å². The van der Waals surface area contributed by atoms with Gasteiger partial charge in [0.1, 0.15) is 9.79 Å². The summed E-state index contributed by atoms with van der Waals surface area (Å²) in [6, 6.07) is 5.34. The second-order valence-corrected chi connectivity index (χ2v) is 9.34. The van der Waals surface area contributed by atoms with Crippen LogP contribution in [0.25, 0.3) is 0 Å². The highest BCUT2D eigenvalue weighted by molar-refractivity contribution is 8.14. The van der Waals surface area contributed by atoms with Crippen LogP contribution in [0.5, 0.6) is 0 Å². The number of nitrogens with zero attached hydrogens (tertiary/aromatic N) is 1. The molecule has 5 nitrogen and oxygen atoms in total. The molecule has 20 heavy (non-hydrogen) atoms. The molecule has 1 aliphatic rings. The lowest BCUT2D eigenvalue weighted by atomic mass is 10.3. The third kappa shape index (κ3) is 3.00. The molecule has 1 saturated carbocycles. The summed E-state index contributed by atoms with van der Waals surface area (Å²) in [4.78, 5) is -0.629. The Balaban J connectivity index is 2.50. The van der Waals surface area contributed by atoms with Crippen LogP contribution < -0.4 is 0 Å². The van der Waals surface area contributed by atoms with E-state index in [0.29, 0.717) is 0 Å². The molecule has 0 saturated heterocycles. The molecule has 0 aromatic heterocycles. The van der Waals surface area contributed by atoms with Crippen LogP contribution in [-0.2, 0) is 19.1 Å². The minimum Gasteiger partial charge on any atom is -0.207 e. The van der Waals surface area contributed by atoms with Gasteiger partial charge in [-0.05, 0) is 25.0 Å². The molecule has 1 fully saturated rings. The fourth-order valence-corrected chi connectivity index (χ4v) is 5.71. The van der Waals surface area contributed by atoms with Gasteiger partial charge in [0.15, 0.2) is 0 Å². The summed E-state index contributed by atoms with van der Waals surface area (Å²) in [5.74, 6) is 0. The van der Waals surface area contributed by atoms with E-state index in [1.165, 1.54) is 35.6 Å². The van der Waals surface area contributed by atoms with E-state index in [1.807, 2.05) is 0 Å². The molecule has 0 amide bonds. The highest BCUT2D eigenvalue weighted by Gasteiger charge is 2.33. The number of hydrogen-bond acceptors (Lipinski definition) is 4. The molecule has 0 N–H and O–H groups in total. The lowest BCUT2D eigenvalue weighted by Gasteiger charge is -2.24. The summed E-state index contributed by atoms with van der Waals surface area (Å²) in [7, 11) is -1.16. The van der Waals surface area contributed by atoms with Gasteiger partial charge >= 0.3 is 0 Å². The molecule has 0 spiro atoms. The predicted octanol–water partition coefficient (Wildman–Crippen LogP) is 2.18. The van der Waals surface area contributed by atoms with Gasteiger partial charge in [-0.15, -0.1) is 0 Å². The molecule has 0 atom stereocenters. The van der Waals surface area contributed by atoms with Crippen LogP contribution in [0.3, 0.4) is 0 Å². The van der Waals surface area contributed by atoms with Crippen molar-refractivity contribution in [2.24, 2.45) is 0 Å². The van der Waals surface area contributed by atoms with Crippen molar-refractivity contribution in [1.29, 1.82) is 0 Å². The molecule has 112 valence electrons. The van der Waals surface area contributed by atoms with Crippen molar-refractivity contribution in [3.05, 3.63) is 24.3 Å². The molecule has 1 aliphatic carbocycles. The zero-order valence-electron chi connectivity index (χ0n) is 11.0. The summed E-state index contributed by atoms with van der Waals surface area (Å²) in [5, 5.41) is 0. The molecule has 0 unspecified atom stereocenters. The highest BCUT2D eigenvalue weighted by Crippen LogP contribution is 2.31. The zero-order valence-corrected chi connectivity index (χ0v) is 13.4. The average molecular weight is 338 g/mol. The topological polar surface area (TPSA) is 71.5 Å². The van der Waals surface area contributed by atoms with Crippen molar-refractivity contribution in [1.82, 2.24) is 4.31 Å². The van der Waals surface area contributed by atoms with Gasteiger partial charge in [-0.3, -0.25) is 0 Å². The summed E-state index contributed by atoms with van der Waals surface area (Å²) in [6.07, 6.45) is 3.57. The van der Waals surface area contributed by atoms with Gasteiger partial charge < -0.3 is 0 Å². The molecule has 8 heteroatoms. The number of benzene rings is 1. The normalized spacial score (nSPS) is 17.8. The molecule has 2 rings (SSSR count). The van der Waals surface area contributed by atoms with Gasteiger partial charge in [-0.2, -0.15) is 4.31 Å². The van der Waals surface area contributed by atoms with Gasteiger partial charge in [0, 0.05) is 23.8 Å². The summed E-state index contributed by atoms with van der Waals surface area (Å²) in [6.45, 7) is 0. The first-order chi connectivity index (χ1) is 9.24. The van der Waals surface area contributed by atoms with Gasteiger partial charge in [0.05, 0.1) is 0 Å². The quantitative estimate of drug-likeness (QED) is 0.789. The van der Waals surface area contributed by atoms with Crippen LogP contribution in [0.4, 0.5) is 0 Å². The minimum absolute atomic E-state index is 0.0777. The highest BCUT2D eigenvalue weighted by atomic mass is 35.7. The molecule has 0 radical (unpaired) electrons. The molecule has 1 aromatic carbocycles. The van der Waals surface area contributed by atoms with Gasteiger partial charge in [0.2, 0.25) is 10.0 Å². The first kappa shape index (κ1) is 15.8. The van der Waals surface area contributed by atoms with E-state index in [2.05, 4.69) is 0 Å². The monoisotopic (exact) mass is 337 g/mol. The average Bonchev–Trinajstić information content (AvgIpc) is 2.90. The lowest BCUT2D eigenvalue weighted by Crippen LogP contribution is -2.35. The third-order valence-electron chi connectivity index (χ3n) is 3.61. The molecule has 0 bridgehead atoms. The predicted molar refractivity (Wildman–Crippen MR) is 76.7 cm³/mol. The summed E-state index contributed by atoms with van der Waals surface area (Å²) in [5.41, 5.74) is 0. The lowest BCUT2D eigenvalue weighted by molar-refractivity contribution is 0.372. The van der Waals surface area contributed by atoms with Crippen molar-refractivity contribution >= 4 is 29.8 Å². The van der Waals surface area contributed by atoms with Crippen LogP contribution in [-0.4, -0.2) is 34.2 Å². The van der Waals surface area contributed by atoms with Crippen LogP contribution >= 0.6 is 10.7 Å². The molecule has 0 aliphatic heterocycles. The van der Waals surface area contributed by atoms with E-state index in [0.717, 1.165) is 25.7 Å². The van der Waals surface area contributed by atoms with Crippen LogP contribution in [0, 0.1) is 0 Å². The SMILES string of the molecule is CN(C1CCCC1)S(=O)(=O)c1ccccc1S(=O)(=O)Cl. The first-order valence-corrected chi connectivity index (χ1v) is 10.0. The van der Waals surface area contributed by atoms with Gasteiger partial charge in [-0.1, -0.05) is 25.0 Å². The van der Waals surface area contributed by atoms with Crippen molar-refractivity contribution in [2.75, 3.05) is 7.05 Å². The van der Waals surface area contributed by atoms with E-state index in [9.17, 15) is 16.8 Å². The van der Waals surface area contributed by atoms with Gasteiger partial charge in [-0.25, -0.2) is 16.8 Å². The van der Waals surface area contributed by atoms with E-state index < -0.39 is 19.1 Å². The van der Waals surface area contributed by atoms with Crippen molar-refractivity contribution in [3.8, 4) is 0 Å². The molecular weight excluding hydrogens is 322 g/mol. The van der Waals surface area contributed by atoms with E-state index in [-0.39, 0.29) is 15.8 Å². The number of hydrogen-bond donors (Lipinski definition) is 0. The van der Waals surface area contributed by atoms with Crippen LogP contribution in [0.2, 0.25) is 0 Å². The standard InChI is InChI=1S/C12H16ClNO4S2/c1-14(10-6-2-3-7-10)20(17,18)12-9-5-4-8-11(12)19(13,15)16/h4-5,8-10H,2-3,6-7H2,1H3. The molecular formula is C12H16ClNO4S2. The van der Waals surface area contributed by atoms with Gasteiger partial charge in [0.25, 0.3) is 9.05 Å². The van der Waals surface area contributed by atoms with E-state index in [1.54, 1.807) is 0 Å². The fourth-order valence-electron chi connectivity index (χ4n) is 2.48. The fraction of sp³-hybridized carbons (Fsp3) is 0.500. The van der Waals surface area contributed by atoms with Crippen LogP contribution in [0.15, 0.2) is 34.1 Å². The third-order valence-corrected chi connectivity index (χ3v) is 7.09. The summed E-state index contributed by atoms with van der Waals surface area (Å²) >= 11 is 0. The van der Waals surface area contributed by atoms with E-state index in [4.69, 9.17) is 10.7 Å². The van der Waals surface area contributed by atoms with E-state index >= 15 is 0 Å². The Labute approximate surface area is 124 Å². The van der Waals surface area contributed by atoms with Crippen molar-refractivity contribution < 1.29 is 16.8 Å². The zero-order chi connectivity index (χ0) is 15.0. The Morgan fingerprint density at radius 1 is 1.05 bits per heavy atom. The molecule has 1 aromatic rings. The van der Waals surface area contributed by atoms with Crippen molar-refractivity contribution in [2.45, 2.75) is 41.5 Å². The van der Waals surface area contributed by atoms with Crippen LogP contribution in [0.1, 0.15) is 25.7 Å². The smallest absolute Gasteiger partial charge is 0.207 e. The number of rotatable bonds is 4. The maximum atomic E-state index is 12.6. The Hall–Kier alpha value is -0.630. The summed E-state index contributed by atoms with van der Waals surface area (Å²) < 4.78 is 49.5. The second-order valence-electron chi connectivity index (χ2n) is 4.84. The minimum atomic E-state index is -4.11. The maximum Gasteiger partial charge on any atom is 0.262 e. The second kappa shape index (κ2) is 5.63. The number of sulfonamides is 1. The Morgan fingerprint density at radius 3 is 2.05 bits per heavy atom. The maximum absolute atomic E-state index is 12.6. The molecule has 0 heterocycles. The Morgan fingerprint density at radius 2 is 1.55 bits per heavy atom. The Kier molecular flexibility index (Phi) is 4.44. The Bertz CT molecular complexity index is 694. The number of halogens is 1.